The lowest BCUT2D eigenvalue weighted by atomic mass is 9.94. The molecule has 0 saturated heterocycles. The summed E-state index contributed by atoms with van der Waals surface area (Å²) in [6.45, 7) is 2.06. The summed E-state index contributed by atoms with van der Waals surface area (Å²) >= 11 is 2.29. The Hall–Kier alpha value is -0.620. The Morgan fingerprint density at radius 1 is 1.32 bits per heavy atom. The second kappa shape index (κ2) is 6.70. The summed E-state index contributed by atoms with van der Waals surface area (Å²) in [5.74, 6) is 0.0375. The van der Waals surface area contributed by atoms with E-state index in [1.165, 1.54) is 15.6 Å². The third-order valence-electron chi connectivity index (χ3n) is 3.85. The van der Waals surface area contributed by atoms with Crippen LogP contribution in [-0.4, -0.2) is 11.9 Å². The van der Waals surface area contributed by atoms with Gasteiger partial charge in [0.05, 0.1) is 5.92 Å². The van der Waals surface area contributed by atoms with E-state index in [9.17, 15) is 4.79 Å². The lowest BCUT2D eigenvalue weighted by Crippen LogP contribution is -2.37. The monoisotopic (exact) mass is 372 g/mol. The molecule has 2 atom stereocenters. The summed E-state index contributed by atoms with van der Waals surface area (Å²) in [5.41, 5.74) is 8.22. The summed E-state index contributed by atoms with van der Waals surface area (Å²) in [4.78, 5) is 12.3. The highest BCUT2D eigenvalue weighted by Gasteiger charge is 2.26. The molecule has 0 aliphatic heterocycles. The predicted octanol–water partition coefficient (Wildman–Crippen LogP) is 3.45. The Kier molecular flexibility index (Phi) is 5.21. The number of halogens is 1. The molecule has 1 amide bonds. The Morgan fingerprint density at radius 2 is 2.05 bits per heavy atom. The van der Waals surface area contributed by atoms with Crippen molar-refractivity contribution in [3.8, 4) is 0 Å². The molecule has 0 aromatic heterocycles. The zero-order chi connectivity index (χ0) is 13.8. The SMILES string of the molecule is Cc1ccc(NC(=O)C2CCCCCC2N)cc1I. The van der Waals surface area contributed by atoms with E-state index >= 15 is 0 Å². The van der Waals surface area contributed by atoms with Crippen molar-refractivity contribution in [3.63, 3.8) is 0 Å². The van der Waals surface area contributed by atoms with Crippen molar-refractivity contribution in [2.45, 2.75) is 45.1 Å². The van der Waals surface area contributed by atoms with Crippen LogP contribution in [0.1, 0.15) is 37.7 Å². The van der Waals surface area contributed by atoms with Crippen LogP contribution >= 0.6 is 22.6 Å². The molecule has 2 unspecified atom stereocenters. The van der Waals surface area contributed by atoms with Crippen LogP contribution in [-0.2, 0) is 4.79 Å². The topological polar surface area (TPSA) is 55.1 Å². The van der Waals surface area contributed by atoms with E-state index in [4.69, 9.17) is 5.73 Å². The third-order valence-corrected chi connectivity index (χ3v) is 5.01. The Balaban J connectivity index is 2.04. The fourth-order valence-electron chi connectivity index (χ4n) is 2.57. The number of hydrogen-bond donors (Lipinski definition) is 2. The largest absolute Gasteiger partial charge is 0.327 e. The van der Waals surface area contributed by atoms with Crippen LogP contribution < -0.4 is 11.1 Å². The van der Waals surface area contributed by atoms with Crippen molar-refractivity contribution in [2.75, 3.05) is 5.32 Å². The van der Waals surface area contributed by atoms with Crippen molar-refractivity contribution < 1.29 is 4.79 Å². The van der Waals surface area contributed by atoms with Gasteiger partial charge >= 0.3 is 0 Å². The van der Waals surface area contributed by atoms with Crippen LogP contribution in [0.3, 0.4) is 0 Å². The first-order valence-electron chi connectivity index (χ1n) is 6.90. The number of carbonyl (C=O) groups excluding carboxylic acids is 1. The smallest absolute Gasteiger partial charge is 0.229 e. The number of hydrogen-bond acceptors (Lipinski definition) is 2. The van der Waals surface area contributed by atoms with E-state index in [-0.39, 0.29) is 17.9 Å². The first kappa shape index (κ1) is 14.8. The number of amides is 1. The zero-order valence-electron chi connectivity index (χ0n) is 11.3. The van der Waals surface area contributed by atoms with E-state index < -0.39 is 0 Å². The molecule has 0 spiro atoms. The highest BCUT2D eigenvalue weighted by atomic mass is 127. The van der Waals surface area contributed by atoms with E-state index in [1.54, 1.807) is 0 Å². The van der Waals surface area contributed by atoms with Gasteiger partial charge in [-0.15, -0.1) is 0 Å². The van der Waals surface area contributed by atoms with Crippen LogP contribution in [0.4, 0.5) is 5.69 Å². The summed E-state index contributed by atoms with van der Waals surface area (Å²) in [6, 6.07) is 6.00. The van der Waals surface area contributed by atoms with Crippen molar-refractivity contribution >= 4 is 34.2 Å². The minimum absolute atomic E-state index is 0.00650. The third kappa shape index (κ3) is 3.92. The molecule has 1 saturated carbocycles. The molecule has 2 rings (SSSR count). The van der Waals surface area contributed by atoms with Crippen LogP contribution in [0.5, 0.6) is 0 Å². The maximum Gasteiger partial charge on any atom is 0.229 e. The van der Waals surface area contributed by atoms with Gasteiger partial charge < -0.3 is 11.1 Å². The lowest BCUT2D eigenvalue weighted by molar-refractivity contribution is -0.120. The number of anilines is 1. The number of nitrogens with two attached hydrogens (primary N) is 1. The van der Waals surface area contributed by atoms with Gasteiger partial charge in [0, 0.05) is 15.3 Å². The molecule has 1 aliphatic rings. The van der Waals surface area contributed by atoms with Crippen molar-refractivity contribution in [1.29, 1.82) is 0 Å². The van der Waals surface area contributed by atoms with E-state index in [1.807, 2.05) is 18.2 Å². The fraction of sp³-hybridized carbons (Fsp3) is 0.533. The average molecular weight is 372 g/mol. The quantitative estimate of drug-likeness (QED) is 0.617. The van der Waals surface area contributed by atoms with Crippen LogP contribution in [0, 0.1) is 16.4 Å². The van der Waals surface area contributed by atoms with Crippen LogP contribution in [0.15, 0.2) is 18.2 Å². The molecule has 3 nitrogen and oxygen atoms in total. The van der Waals surface area contributed by atoms with E-state index in [0.717, 1.165) is 31.4 Å². The second-order valence-corrected chi connectivity index (χ2v) is 6.52. The van der Waals surface area contributed by atoms with Gasteiger partial charge in [0.25, 0.3) is 0 Å². The highest BCUT2D eigenvalue weighted by Crippen LogP contribution is 2.24. The molecule has 1 aromatic carbocycles. The first-order valence-corrected chi connectivity index (χ1v) is 7.98. The maximum absolute atomic E-state index is 12.3. The van der Waals surface area contributed by atoms with Gasteiger partial charge in [0.15, 0.2) is 0 Å². The van der Waals surface area contributed by atoms with Gasteiger partial charge in [-0.3, -0.25) is 4.79 Å². The first-order chi connectivity index (χ1) is 9.08. The standard InChI is InChI=1S/C15H21IN2O/c1-10-7-8-11(9-13(10)16)18-15(19)12-5-3-2-4-6-14(12)17/h7-9,12,14H,2-6,17H2,1H3,(H,18,19). The molecule has 0 bridgehead atoms. The predicted molar refractivity (Wildman–Crippen MR) is 87.1 cm³/mol. The molecule has 3 N–H and O–H groups in total. The maximum atomic E-state index is 12.3. The number of carbonyl (C=O) groups is 1. The van der Waals surface area contributed by atoms with Gasteiger partial charge in [0.2, 0.25) is 5.91 Å². The van der Waals surface area contributed by atoms with Crippen LogP contribution in [0.2, 0.25) is 0 Å². The molecular weight excluding hydrogens is 351 g/mol. The summed E-state index contributed by atoms with van der Waals surface area (Å²) < 4.78 is 1.17. The molecular formula is C15H21IN2O. The van der Waals surface area contributed by atoms with Crippen molar-refractivity contribution in [1.82, 2.24) is 0 Å². The Morgan fingerprint density at radius 3 is 2.79 bits per heavy atom. The van der Waals surface area contributed by atoms with E-state index in [0.29, 0.717) is 0 Å². The minimum atomic E-state index is -0.0403. The van der Waals surface area contributed by atoms with Gasteiger partial charge in [-0.2, -0.15) is 0 Å². The van der Waals surface area contributed by atoms with Gasteiger partial charge in [-0.1, -0.05) is 25.3 Å². The van der Waals surface area contributed by atoms with Crippen LogP contribution in [0.25, 0.3) is 0 Å². The normalized spacial score (nSPS) is 23.7. The molecule has 104 valence electrons. The minimum Gasteiger partial charge on any atom is -0.327 e. The highest BCUT2D eigenvalue weighted by molar-refractivity contribution is 14.1. The fourth-order valence-corrected chi connectivity index (χ4v) is 3.08. The second-order valence-electron chi connectivity index (χ2n) is 5.36. The lowest BCUT2D eigenvalue weighted by Gasteiger charge is -2.20. The number of rotatable bonds is 2. The molecule has 19 heavy (non-hydrogen) atoms. The molecule has 0 heterocycles. The summed E-state index contributed by atoms with van der Waals surface area (Å²) in [5, 5.41) is 3.01. The molecule has 1 aliphatic carbocycles. The average Bonchev–Trinajstić information content (AvgIpc) is 2.58. The summed E-state index contributed by atoms with van der Waals surface area (Å²) in [7, 11) is 0. The van der Waals surface area contributed by atoms with Gasteiger partial charge in [-0.25, -0.2) is 0 Å². The molecule has 1 fully saturated rings. The number of nitrogens with one attached hydrogen (secondary N) is 1. The van der Waals surface area contributed by atoms with Gasteiger partial charge in [-0.05, 0) is 60.1 Å². The summed E-state index contributed by atoms with van der Waals surface area (Å²) in [6.07, 6.45) is 5.32. The molecule has 0 radical (unpaired) electrons. The van der Waals surface area contributed by atoms with Gasteiger partial charge in [0.1, 0.15) is 0 Å². The Bertz CT molecular complexity index is 461. The Labute approximate surface area is 128 Å². The molecule has 4 heteroatoms. The molecule has 1 aromatic rings. The van der Waals surface area contributed by atoms with Crippen molar-refractivity contribution in [2.24, 2.45) is 11.7 Å². The number of aryl methyl sites for hydroxylation is 1. The number of benzene rings is 1. The zero-order valence-corrected chi connectivity index (χ0v) is 13.4. The van der Waals surface area contributed by atoms with Crippen molar-refractivity contribution in [3.05, 3.63) is 27.3 Å². The van der Waals surface area contributed by atoms with E-state index in [2.05, 4.69) is 34.8 Å².